The smallest absolute Gasteiger partial charge is 0.165 e. The molecule has 0 bridgehead atoms. The summed E-state index contributed by atoms with van der Waals surface area (Å²) in [7, 11) is 1.45. The Labute approximate surface area is 108 Å². The van der Waals surface area contributed by atoms with E-state index in [0.717, 1.165) is 5.56 Å². The highest BCUT2D eigenvalue weighted by atomic mass is 19.1. The molecule has 98 valence electrons. The number of ether oxygens (including phenoxy) is 1. The number of nitriles is 1. The van der Waals surface area contributed by atoms with Crippen LogP contribution in [-0.2, 0) is 6.54 Å². The lowest BCUT2D eigenvalue weighted by Crippen LogP contribution is -2.31. The lowest BCUT2D eigenvalue weighted by atomic mass is 10.1. The van der Waals surface area contributed by atoms with Gasteiger partial charge >= 0.3 is 0 Å². The van der Waals surface area contributed by atoms with Gasteiger partial charge in [0, 0.05) is 25.6 Å². The molecule has 3 nitrogen and oxygen atoms in total. The molecule has 0 saturated heterocycles. The Morgan fingerprint density at radius 1 is 1.44 bits per heavy atom. The lowest BCUT2D eigenvalue weighted by Gasteiger charge is -2.25. The fraction of sp³-hybridized carbons (Fsp3) is 0.500. The van der Waals surface area contributed by atoms with Gasteiger partial charge in [0.05, 0.1) is 13.2 Å². The van der Waals surface area contributed by atoms with Crippen molar-refractivity contribution in [3.05, 3.63) is 29.6 Å². The molecule has 1 rings (SSSR count). The highest BCUT2D eigenvalue weighted by molar-refractivity contribution is 5.29. The Bertz CT molecular complexity index is 426. The van der Waals surface area contributed by atoms with E-state index < -0.39 is 0 Å². The van der Waals surface area contributed by atoms with Crippen LogP contribution in [0.3, 0.4) is 0 Å². The number of methoxy groups -OCH3 is 1. The molecule has 0 amide bonds. The Balaban J connectivity index is 2.75. The van der Waals surface area contributed by atoms with E-state index >= 15 is 0 Å². The van der Waals surface area contributed by atoms with Crippen LogP contribution < -0.4 is 4.74 Å². The van der Waals surface area contributed by atoms with Crippen molar-refractivity contribution in [2.45, 2.75) is 32.9 Å². The Morgan fingerprint density at radius 3 is 2.67 bits per heavy atom. The normalized spacial score (nSPS) is 10.7. The van der Waals surface area contributed by atoms with Crippen LogP contribution in [0.1, 0.15) is 25.8 Å². The van der Waals surface area contributed by atoms with E-state index in [4.69, 9.17) is 10.00 Å². The first-order valence-corrected chi connectivity index (χ1v) is 6.02. The summed E-state index contributed by atoms with van der Waals surface area (Å²) in [5, 5.41) is 8.62. The Morgan fingerprint density at radius 2 is 2.17 bits per heavy atom. The largest absolute Gasteiger partial charge is 0.494 e. The molecule has 0 aliphatic carbocycles. The number of benzene rings is 1. The number of hydrogen-bond acceptors (Lipinski definition) is 3. The molecule has 0 unspecified atom stereocenters. The van der Waals surface area contributed by atoms with Gasteiger partial charge in [0.2, 0.25) is 0 Å². The molecule has 0 spiro atoms. The van der Waals surface area contributed by atoms with Gasteiger partial charge in [-0.3, -0.25) is 4.90 Å². The molecule has 0 aromatic heterocycles. The number of hydrogen-bond donors (Lipinski definition) is 0. The first kappa shape index (κ1) is 14.5. The summed E-state index contributed by atoms with van der Waals surface area (Å²) in [5.41, 5.74) is 0.889. The minimum absolute atomic E-state index is 0.256. The monoisotopic (exact) mass is 250 g/mol. The topological polar surface area (TPSA) is 36.3 Å². The van der Waals surface area contributed by atoms with Gasteiger partial charge in [-0.05, 0) is 31.5 Å². The van der Waals surface area contributed by atoms with Crippen molar-refractivity contribution in [2.75, 3.05) is 13.7 Å². The third kappa shape index (κ3) is 4.01. The van der Waals surface area contributed by atoms with Crippen LogP contribution in [0.15, 0.2) is 18.2 Å². The molecule has 1 aromatic rings. The summed E-state index contributed by atoms with van der Waals surface area (Å²) in [6, 6.07) is 7.43. The summed E-state index contributed by atoms with van der Waals surface area (Å²) in [5.74, 6) is -0.0918. The zero-order valence-corrected chi connectivity index (χ0v) is 11.1. The van der Waals surface area contributed by atoms with Gasteiger partial charge in [0.1, 0.15) is 0 Å². The second-order valence-electron chi connectivity index (χ2n) is 4.44. The van der Waals surface area contributed by atoms with Crippen LogP contribution >= 0.6 is 0 Å². The van der Waals surface area contributed by atoms with Crippen molar-refractivity contribution in [1.82, 2.24) is 4.90 Å². The Hall–Kier alpha value is -1.60. The summed E-state index contributed by atoms with van der Waals surface area (Å²) in [4.78, 5) is 2.14. The number of rotatable bonds is 6. The molecule has 0 heterocycles. The molecule has 0 aliphatic rings. The zero-order valence-electron chi connectivity index (χ0n) is 11.1. The average molecular weight is 250 g/mol. The van der Waals surface area contributed by atoms with Crippen molar-refractivity contribution >= 4 is 0 Å². The SMILES string of the molecule is COc1ccc(CN(CCC#N)C(C)C)cc1F. The summed E-state index contributed by atoms with van der Waals surface area (Å²) in [6.07, 6.45) is 0.483. The molecule has 0 radical (unpaired) electrons. The van der Waals surface area contributed by atoms with Crippen molar-refractivity contribution in [1.29, 1.82) is 5.26 Å². The van der Waals surface area contributed by atoms with Gasteiger partial charge in [-0.1, -0.05) is 6.07 Å². The van der Waals surface area contributed by atoms with Crippen LogP contribution in [0.25, 0.3) is 0 Å². The zero-order chi connectivity index (χ0) is 13.5. The summed E-state index contributed by atoms with van der Waals surface area (Å²) >= 11 is 0. The van der Waals surface area contributed by atoms with Gasteiger partial charge in [0.25, 0.3) is 0 Å². The molecule has 0 saturated carbocycles. The van der Waals surface area contributed by atoms with Gasteiger partial charge < -0.3 is 4.74 Å². The van der Waals surface area contributed by atoms with Crippen molar-refractivity contribution in [3.8, 4) is 11.8 Å². The quantitative estimate of drug-likeness (QED) is 0.778. The maximum absolute atomic E-state index is 13.6. The third-order valence-electron chi connectivity index (χ3n) is 2.84. The maximum Gasteiger partial charge on any atom is 0.165 e. The van der Waals surface area contributed by atoms with E-state index in [1.165, 1.54) is 13.2 Å². The molecule has 0 fully saturated rings. The minimum Gasteiger partial charge on any atom is -0.494 e. The molecule has 18 heavy (non-hydrogen) atoms. The van der Waals surface area contributed by atoms with Gasteiger partial charge in [-0.15, -0.1) is 0 Å². The van der Waals surface area contributed by atoms with Crippen molar-refractivity contribution in [2.24, 2.45) is 0 Å². The van der Waals surface area contributed by atoms with Crippen LogP contribution in [0.2, 0.25) is 0 Å². The molecule has 0 aliphatic heterocycles. The second-order valence-corrected chi connectivity index (χ2v) is 4.44. The van der Waals surface area contributed by atoms with E-state index in [9.17, 15) is 4.39 Å². The fourth-order valence-electron chi connectivity index (χ4n) is 1.76. The predicted octanol–water partition coefficient (Wildman–Crippen LogP) is 2.96. The first-order valence-electron chi connectivity index (χ1n) is 6.02. The first-order chi connectivity index (χ1) is 8.58. The van der Waals surface area contributed by atoms with E-state index in [2.05, 4.69) is 24.8 Å². The van der Waals surface area contributed by atoms with Gasteiger partial charge in [0.15, 0.2) is 11.6 Å². The van der Waals surface area contributed by atoms with Crippen molar-refractivity contribution in [3.63, 3.8) is 0 Å². The van der Waals surface area contributed by atoms with Gasteiger partial charge in [-0.25, -0.2) is 4.39 Å². The standard InChI is InChI=1S/C14H19FN2O/c1-11(2)17(8-4-7-16)10-12-5-6-14(18-3)13(15)9-12/h5-6,9,11H,4,8,10H2,1-3H3. The average Bonchev–Trinajstić information content (AvgIpc) is 2.34. The highest BCUT2D eigenvalue weighted by Gasteiger charge is 2.11. The fourth-order valence-corrected chi connectivity index (χ4v) is 1.76. The van der Waals surface area contributed by atoms with Crippen LogP contribution in [0, 0.1) is 17.1 Å². The number of nitrogens with zero attached hydrogens (tertiary/aromatic N) is 2. The predicted molar refractivity (Wildman–Crippen MR) is 68.7 cm³/mol. The van der Waals surface area contributed by atoms with Crippen LogP contribution in [0.5, 0.6) is 5.75 Å². The van der Waals surface area contributed by atoms with Crippen molar-refractivity contribution < 1.29 is 9.13 Å². The minimum atomic E-state index is -0.348. The molecule has 1 aromatic carbocycles. The van der Waals surface area contributed by atoms with E-state index in [0.29, 0.717) is 25.6 Å². The summed E-state index contributed by atoms with van der Waals surface area (Å²) in [6.45, 7) is 5.47. The summed E-state index contributed by atoms with van der Waals surface area (Å²) < 4.78 is 18.4. The molecular weight excluding hydrogens is 231 g/mol. The van der Waals surface area contributed by atoms with E-state index in [1.807, 2.05) is 6.07 Å². The number of halogens is 1. The van der Waals surface area contributed by atoms with Crippen LogP contribution in [0.4, 0.5) is 4.39 Å². The van der Waals surface area contributed by atoms with E-state index in [1.54, 1.807) is 6.07 Å². The van der Waals surface area contributed by atoms with Gasteiger partial charge in [-0.2, -0.15) is 5.26 Å². The van der Waals surface area contributed by atoms with E-state index in [-0.39, 0.29) is 11.6 Å². The van der Waals surface area contributed by atoms with Crippen LogP contribution in [-0.4, -0.2) is 24.6 Å². The second kappa shape index (κ2) is 6.97. The molecular formula is C14H19FN2O. The lowest BCUT2D eigenvalue weighted by molar-refractivity contribution is 0.217. The highest BCUT2D eigenvalue weighted by Crippen LogP contribution is 2.19. The third-order valence-corrected chi connectivity index (χ3v) is 2.84. The molecule has 4 heteroatoms. The molecule has 0 N–H and O–H groups in total. The Kier molecular flexibility index (Phi) is 5.60. The maximum atomic E-state index is 13.6. The molecule has 0 atom stereocenters.